The zero-order valence-corrected chi connectivity index (χ0v) is 15.3. The molecular formula is C21H25N3O3. The lowest BCUT2D eigenvalue weighted by atomic mass is 10.1. The van der Waals surface area contributed by atoms with Crippen LogP contribution in [0.25, 0.3) is 0 Å². The molecule has 1 fully saturated rings. The normalized spacial score (nSPS) is 16.4. The van der Waals surface area contributed by atoms with Gasteiger partial charge in [0.1, 0.15) is 12.4 Å². The van der Waals surface area contributed by atoms with E-state index in [1.165, 1.54) is 0 Å². The number of nitrogen functional groups attached to an aromatic ring is 1. The molecule has 0 aliphatic carbocycles. The van der Waals surface area contributed by atoms with Gasteiger partial charge in [-0.05, 0) is 30.2 Å². The number of likely N-dealkylation sites (tertiary alicyclic amines) is 1. The molecule has 0 bridgehead atoms. The van der Waals surface area contributed by atoms with E-state index in [9.17, 15) is 9.59 Å². The van der Waals surface area contributed by atoms with Crippen LogP contribution in [0.1, 0.15) is 18.4 Å². The summed E-state index contributed by atoms with van der Waals surface area (Å²) in [5.41, 5.74) is 7.57. The van der Waals surface area contributed by atoms with Gasteiger partial charge >= 0.3 is 0 Å². The van der Waals surface area contributed by atoms with Gasteiger partial charge in [-0.1, -0.05) is 36.4 Å². The predicted molar refractivity (Wildman–Crippen MR) is 104 cm³/mol. The number of hydrogen-bond acceptors (Lipinski definition) is 4. The molecule has 3 N–H and O–H groups in total. The first-order valence-electron chi connectivity index (χ1n) is 9.20. The first-order chi connectivity index (χ1) is 13.1. The van der Waals surface area contributed by atoms with Crippen molar-refractivity contribution in [1.29, 1.82) is 0 Å². The number of rotatable bonds is 8. The van der Waals surface area contributed by atoms with Gasteiger partial charge in [-0.3, -0.25) is 9.59 Å². The molecule has 27 heavy (non-hydrogen) atoms. The van der Waals surface area contributed by atoms with Crippen LogP contribution in [0.2, 0.25) is 0 Å². The molecule has 1 heterocycles. The molecular weight excluding hydrogens is 342 g/mol. The number of nitrogens with zero attached hydrogens (tertiary/aromatic N) is 1. The SMILES string of the molecule is Nc1ccccc1CCC(=O)NC1CC(=O)N(CCOc2ccccc2)C1. The van der Waals surface area contributed by atoms with Gasteiger partial charge in [0, 0.05) is 25.1 Å². The lowest BCUT2D eigenvalue weighted by Crippen LogP contribution is -2.38. The first-order valence-corrected chi connectivity index (χ1v) is 9.20. The molecule has 142 valence electrons. The van der Waals surface area contributed by atoms with Gasteiger partial charge in [0.15, 0.2) is 0 Å². The highest BCUT2D eigenvalue weighted by Crippen LogP contribution is 2.15. The summed E-state index contributed by atoms with van der Waals surface area (Å²) < 4.78 is 5.64. The van der Waals surface area contributed by atoms with Crippen molar-refractivity contribution < 1.29 is 14.3 Å². The Labute approximate surface area is 159 Å². The highest BCUT2D eigenvalue weighted by Gasteiger charge is 2.30. The standard InChI is InChI=1S/C21H25N3O3/c22-19-9-5-4-6-16(19)10-11-20(25)23-17-14-21(26)24(15-17)12-13-27-18-7-2-1-3-8-18/h1-9,17H,10-15,22H2,(H,23,25). The molecule has 1 atom stereocenters. The Morgan fingerprint density at radius 3 is 2.67 bits per heavy atom. The minimum absolute atomic E-state index is 0.0456. The van der Waals surface area contributed by atoms with Crippen molar-refractivity contribution in [1.82, 2.24) is 10.2 Å². The van der Waals surface area contributed by atoms with Crippen molar-refractivity contribution in [3.63, 3.8) is 0 Å². The summed E-state index contributed by atoms with van der Waals surface area (Å²) in [6, 6.07) is 16.9. The number of aryl methyl sites for hydroxylation is 1. The van der Waals surface area contributed by atoms with Gasteiger partial charge in [0.2, 0.25) is 11.8 Å². The monoisotopic (exact) mass is 367 g/mol. The second kappa shape index (κ2) is 9.07. The number of ether oxygens (including phenoxy) is 1. The molecule has 3 rings (SSSR count). The third kappa shape index (κ3) is 5.48. The summed E-state index contributed by atoms with van der Waals surface area (Å²) in [5, 5.41) is 2.95. The van der Waals surface area contributed by atoms with E-state index in [1.807, 2.05) is 54.6 Å². The first kappa shape index (κ1) is 18.8. The van der Waals surface area contributed by atoms with Crippen LogP contribution >= 0.6 is 0 Å². The summed E-state index contributed by atoms with van der Waals surface area (Å²) >= 11 is 0. The molecule has 0 aromatic heterocycles. The zero-order chi connectivity index (χ0) is 19.1. The summed E-state index contributed by atoms with van der Waals surface area (Å²) in [4.78, 5) is 26.1. The van der Waals surface area contributed by atoms with Crippen LogP contribution in [0.5, 0.6) is 5.75 Å². The average Bonchev–Trinajstić information content (AvgIpc) is 3.01. The molecule has 6 nitrogen and oxygen atoms in total. The Hall–Kier alpha value is -3.02. The molecule has 1 aliphatic heterocycles. The number of carbonyl (C=O) groups excluding carboxylic acids is 2. The minimum Gasteiger partial charge on any atom is -0.492 e. The fourth-order valence-electron chi connectivity index (χ4n) is 3.19. The van der Waals surface area contributed by atoms with Crippen LogP contribution in [-0.2, 0) is 16.0 Å². The molecule has 1 unspecified atom stereocenters. The fourth-order valence-corrected chi connectivity index (χ4v) is 3.19. The Bertz CT molecular complexity index is 779. The summed E-state index contributed by atoms with van der Waals surface area (Å²) in [7, 11) is 0. The molecule has 1 aliphatic rings. The Kier molecular flexibility index (Phi) is 6.30. The van der Waals surface area contributed by atoms with Crippen LogP contribution in [0.3, 0.4) is 0 Å². The molecule has 2 aromatic carbocycles. The second-order valence-electron chi connectivity index (χ2n) is 6.67. The maximum Gasteiger partial charge on any atom is 0.224 e. The lowest BCUT2D eigenvalue weighted by molar-refractivity contribution is -0.128. The van der Waals surface area contributed by atoms with Crippen LogP contribution in [-0.4, -0.2) is 42.5 Å². The van der Waals surface area contributed by atoms with Crippen molar-refractivity contribution in [2.75, 3.05) is 25.4 Å². The quantitative estimate of drug-likeness (QED) is 0.699. The van der Waals surface area contributed by atoms with Crippen LogP contribution in [0, 0.1) is 0 Å². The lowest BCUT2D eigenvalue weighted by Gasteiger charge is -2.17. The van der Waals surface area contributed by atoms with Crippen LogP contribution in [0.15, 0.2) is 54.6 Å². The number of benzene rings is 2. The summed E-state index contributed by atoms with van der Waals surface area (Å²) in [6.45, 7) is 1.47. The second-order valence-corrected chi connectivity index (χ2v) is 6.67. The average molecular weight is 367 g/mol. The predicted octanol–water partition coefficient (Wildman–Crippen LogP) is 2.00. The van der Waals surface area contributed by atoms with E-state index < -0.39 is 0 Å². The zero-order valence-electron chi connectivity index (χ0n) is 15.3. The number of amides is 2. The highest BCUT2D eigenvalue weighted by molar-refractivity contribution is 5.82. The largest absolute Gasteiger partial charge is 0.492 e. The van der Waals surface area contributed by atoms with Gasteiger partial charge in [-0.25, -0.2) is 0 Å². The Balaban J connectivity index is 1.39. The molecule has 0 radical (unpaired) electrons. The molecule has 0 saturated carbocycles. The van der Waals surface area contributed by atoms with Gasteiger partial charge in [0.05, 0.1) is 12.6 Å². The van der Waals surface area contributed by atoms with Crippen LogP contribution in [0.4, 0.5) is 5.69 Å². The molecule has 1 saturated heterocycles. The highest BCUT2D eigenvalue weighted by atomic mass is 16.5. The minimum atomic E-state index is -0.144. The number of hydrogen-bond donors (Lipinski definition) is 2. The fraction of sp³-hybridized carbons (Fsp3) is 0.333. The number of carbonyl (C=O) groups is 2. The van der Waals surface area contributed by atoms with Gasteiger partial charge < -0.3 is 20.7 Å². The molecule has 0 spiro atoms. The molecule has 2 aromatic rings. The Morgan fingerprint density at radius 1 is 1.15 bits per heavy atom. The van der Waals surface area contributed by atoms with Crippen LogP contribution < -0.4 is 15.8 Å². The molecule has 2 amide bonds. The van der Waals surface area contributed by atoms with Crippen molar-refractivity contribution >= 4 is 17.5 Å². The number of nitrogens with two attached hydrogens (primary N) is 1. The van der Waals surface area contributed by atoms with E-state index in [1.54, 1.807) is 4.90 Å². The van der Waals surface area contributed by atoms with E-state index in [0.717, 1.165) is 11.3 Å². The summed E-state index contributed by atoms with van der Waals surface area (Å²) in [6.07, 6.45) is 1.29. The number of para-hydroxylation sites is 2. The van der Waals surface area contributed by atoms with Crippen molar-refractivity contribution in [3.8, 4) is 5.75 Å². The van der Waals surface area contributed by atoms with E-state index in [-0.39, 0.29) is 17.9 Å². The maximum absolute atomic E-state index is 12.2. The van der Waals surface area contributed by atoms with Gasteiger partial charge in [-0.2, -0.15) is 0 Å². The number of nitrogens with one attached hydrogen (secondary N) is 1. The van der Waals surface area contributed by atoms with E-state index in [4.69, 9.17) is 10.5 Å². The Morgan fingerprint density at radius 2 is 1.89 bits per heavy atom. The maximum atomic E-state index is 12.2. The molecule has 6 heteroatoms. The van der Waals surface area contributed by atoms with Gasteiger partial charge in [0.25, 0.3) is 0 Å². The smallest absolute Gasteiger partial charge is 0.224 e. The van der Waals surface area contributed by atoms with Crippen molar-refractivity contribution in [3.05, 3.63) is 60.2 Å². The van der Waals surface area contributed by atoms with E-state index in [0.29, 0.717) is 44.6 Å². The van der Waals surface area contributed by atoms with E-state index >= 15 is 0 Å². The van der Waals surface area contributed by atoms with Crippen molar-refractivity contribution in [2.45, 2.75) is 25.3 Å². The van der Waals surface area contributed by atoms with Gasteiger partial charge in [-0.15, -0.1) is 0 Å². The summed E-state index contributed by atoms with van der Waals surface area (Å²) in [5.74, 6) is 0.775. The third-order valence-corrected chi connectivity index (χ3v) is 4.63. The van der Waals surface area contributed by atoms with Crippen molar-refractivity contribution in [2.24, 2.45) is 0 Å². The third-order valence-electron chi connectivity index (χ3n) is 4.63. The topological polar surface area (TPSA) is 84.7 Å². The van der Waals surface area contributed by atoms with E-state index in [2.05, 4.69) is 5.32 Å². The number of anilines is 1.